The van der Waals surface area contributed by atoms with Gasteiger partial charge >= 0.3 is 6.18 Å². The normalized spacial score (nSPS) is 25.8. The van der Waals surface area contributed by atoms with E-state index in [1.54, 1.807) is 18.3 Å². The van der Waals surface area contributed by atoms with Crippen molar-refractivity contribution in [3.63, 3.8) is 0 Å². The number of nitrogens with zero attached hydrogens (tertiary/aromatic N) is 1. The van der Waals surface area contributed by atoms with Gasteiger partial charge in [0.1, 0.15) is 0 Å². The first-order valence-corrected chi connectivity index (χ1v) is 12.3. The van der Waals surface area contributed by atoms with Crippen molar-refractivity contribution < 1.29 is 21.6 Å². The summed E-state index contributed by atoms with van der Waals surface area (Å²) in [6.45, 7) is 0. The monoisotopic (exact) mass is 489 g/mol. The first-order valence-electron chi connectivity index (χ1n) is 10.5. The van der Waals surface area contributed by atoms with E-state index in [1.807, 2.05) is 6.07 Å². The molecule has 0 bridgehead atoms. The summed E-state index contributed by atoms with van der Waals surface area (Å²) >= 11 is 0. The van der Waals surface area contributed by atoms with Crippen LogP contribution in [0.2, 0.25) is 0 Å². The smallest absolute Gasteiger partial charge is 0.311 e. The number of pyridine rings is 1. The van der Waals surface area contributed by atoms with E-state index >= 15 is 0 Å². The first kappa shape index (κ1) is 25.0. The van der Waals surface area contributed by atoms with Gasteiger partial charge in [0.15, 0.2) is 0 Å². The van der Waals surface area contributed by atoms with Gasteiger partial charge in [0.2, 0.25) is 10.0 Å². The molecular weight excluding hydrogens is 463 g/mol. The Labute approximate surface area is 192 Å². The molecule has 1 aromatic heterocycles. The van der Waals surface area contributed by atoms with Crippen LogP contribution in [-0.2, 0) is 16.2 Å². The molecule has 2 unspecified atom stereocenters. The summed E-state index contributed by atoms with van der Waals surface area (Å²) < 4.78 is 64.2. The van der Waals surface area contributed by atoms with Crippen LogP contribution in [0.3, 0.4) is 0 Å². The number of rotatable bonds is 6. The zero-order valence-electron chi connectivity index (χ0n) is 17.6. The number of nitrogens with one attached hydrogen (secondary N) is 2. The maximum atomic E-state index is 12.9. The van der Waals surface area contributed by atoms with Crippen molar-refractivity contribution in [3.8, 4) is 11.3 Å². The van der Waals surface area contributed by atoms with Crippen LogP contribution in [0.25, 0.3) is 11.3 Å². The van der Waals surface area contributed by atoms with Crippen LogP contribution in [0.1, 0.15) is 49.1 Å². The standard InChI is InChI=1S/C22H26F3N3O2S.ClH/c1-31(29,30)28-18-8-6-17(7-9-18)27-21-12-19(21)15-5-10-20(26-13-15)14-3-2-4-16(11-14)22(23,24)25;/h2-5,10-11,13,17-19,21,27-28H,6-9,12H2,1H3;1H. The van der Waals surface area contributed by atoms with Crippen molar-refractivity contribution in [1.29, 1.82) is 0 Å². The molecule has 176 valence electrons. The Balaban J connectivity index is 0.00000289. The average Bonchev–Trinajstić information content (AvgIpc) is 3.47. The van der Waals surface area contributed by atoms with Gasteiger partial charge in [-0.2, -0.15) is 13.2 Å². The van der Waals surface area contributed by atoms with Crippen LogP contribution >= 0.6 is 12.4 Å². The Bertz CT molecular complexity index is 1020. The third kappa shape index (κ3) is 6.43. The van der Waals surface area contributed by atoms with Gasteiger partial charge in [-0.05, 0) is 55.9 Å². The number of benzene rings is 1. The van der Waals surface area contributed by atoms with E-state index in [9.17, 15) is 21.6 Å². The molecule has 32 heavy (non-hydrogen) atoms. The Kier molecular flexibility index (Phi) is 7.54. The van der Waals surface area contributed by atoms with Gasteiger partial charge in [-0.15, -0.1) is 12.4 Å². The SMILES string of the molecule is CS(=O)(=O)NC1CCC(NC2CC2c2ccc(-c3cccc(C(F)(F)F)c3)nc2)CC1.Cl. The van der Waals surface area contributed by atoms with E-state index in [0.717, 1.165) is 49.8 Å². The molecular formula is C22H27ClF3N3O2S. The summed E-state index contributed by atoms with van der Waals surface area (Å²) in [6, 6.07) is 9.71. The lowest BCUT2D eigenvalue weighted by Crippen LogP contribution is -2.42. The number of sulfonamides is 1. The largest absolute Gasteiger partial charge is 0.416 e. The topological polar surface area (TPSA) is 71.1 Å². The van der Waals surface area contributed by atoms with Crippen molar-refractivity contribution in [2.45, 2.75) is 62.3 Å². The van der Waals surface area contributed by atoms with Crippen LogP contribution < -0.4 is 10.0 Å². The number of aromatic nitrogens is 1. The highest BCUT2D eigenvalue weighted by molar-refractivity contribution is 7.88. The zero-order chi connectivity index (χ0) is 22.2. The highest BCUT2D eigenvalue weighted by Gasteiger charge is 2.40. The van der Waals surface area contributed by atoms with Gasteiger partial charge in [0, 0.05) is 35.8 Å². The molecule has 5 nitrogen and oxygen atoms in total. The lowest BCUT2D eigenvalue weighted by atomic mass is 9.91. The predicted molar refractivity (Wildman–Crippen MR) is 120 cm³/mol. The van der Waals surface area contributed by atoms with Gasteiger partial charge in [0.25, 0.3) is 0 Å². The summed E-state index contributed by atoms with van der Waals surface area (Å²) in [7, 11) is -3.16. The molecule has 1 heterocycles. The Hall–Kier alpha value is -1.68. The second kappa shape index (κ2) is 9.67. The Morgan fingerprint density at radius 1 is 1.03 bits per heavy atom. The molecule has 2 aliphatic carbocycles. The second-order valence-corrected chi connectivity index (χ2v) is 10.4. The van der Waals surface area contributed by atoms with Crippen LogP contribution in [0, 0.1) is 0 Å². The number of hydrogen-bond acceptors (Lipinski definition) is 4. The third-order valence-corrected chi connectivity index (χ3v) is 6.81. The van der Waals surface area contributed by atoms with E-state index in [4.69, 9.17) is 0 Å². The van der Waals surface area contributed by atoms with Crippen LogP contribution in [0.4, 0.5) is 13.2 Å². The molecule has 2 aliphatic rings. The summed E-state index contributed by atoms with van der Waals surface area (Å²) in [5.74, 6) is 0.356. The lowest BCUT2D eigenvalue weighted by Gasteiger charge is -2.29. The fraction of sp³-hybridized carbons (Fsp3) is 0.500. The molecule has 10 heteroatoms. The van der Waals surface area contributed by atoms with E-state index in [1.165, 1.54) is 12.3 Å². The van der Waals surface area contributed by atoms with Gasteiger partial charge in [-0.1, -0.05) is 18.2 Å². The van der Waals surface area contributed by atoms with Gasteiger partial charge in [0.05, 0.1) is 17.5 Å². The molecule has 0 aliphatic heterocycles. The Morgan fingerprint density at radius 2 is 1.72 bits per heavy atom. The van der Waals surface area contributed by atoms with Crippen molar-refractivity contribution >= 4 is 22.4 Å². The van der Waals surface area contributed by atoms with Crippen LogP contribution in [0.15, 0.2) is 42.6 Å². The molecule has 4 rings (SSSR count). The molecule has 2 fully saturated rings. The van der Waals surface area contributed by atoms with E-state index in [2.05, 4.69) is 15.0 Å². The molecule has 0 spiro atoms. The molecule has 2 saturated carbocycles. The van der Waals surface area contributed by atoms with Crippen molar-refractivity contribution in [3.05, 3.63) is 53.7 Å². The fourth-order valence-corrected chi connectivity index (χ4v) is 5.22. The quantitative estimate of drug-likeness (QED) is 0.627. The van der Waals surface area contributed by atoms with Gasteiger partial charge < -0.3 is 5.32 Å². The minimum absolute atomic E-state index is 0. The molecule has 2 atom stereocenters. The molecule has 2 N–H and O–H groups in total. The molecule has 0 amide bonds. The number of halogens is 4. The maximum Gasteiger partial charge on any atom is 0.416 e. The Morgan fingerprint density at radius 3 is 2.31 bits per heavy atom. The van der Waals surface area contributed by atoms with Crippen LogP contribution in [0.5, 0.6) is 0 Å². The summed E-state index contributed by atoms with van der Waals surface area (Å²) in [6.07, 6.45) is 3.11. The number of hydrogen-bond donors (Lipinski definition) is 2. The highest BCUT2D eigenvalue weighted by Crippen LogP contribution is 2.42. The predicted octanol–water partition coefficient (Wildman–Crippen LogP) is 4.50. The second-order valence-electron chi connectivity index (χ2n) is 8.61. The van der Waals surface area contributed by atoms with E-state index < -0.39 is 21.8 Å². The van der Waals surface area contributed by atoms with Crippen molar-refractivity contribution in [1.82, 2.24) is 15.0 Å². The molecule has 2 aromatic rings. The van der Waals surface area contributed by atoms with Gasteiger partial charge in [-0.3, -0.25) is 4.98 Å². The highest BCUT2D eigenvalue weighted by atomic mass is 35.5. The maximum absolute atomic E-state index is 12.9. The molecule has 0 saturated heterocycles. The van der Waals surface area contributed by atoms with Crippen molar-refractivity contribution in [2.75, 3.05) is 6.26 Å². The minimum Gasteiger partial charge on any atom is -0.311 e. The zero-order valence-corrected chi connectivity index (χ0v) is 19.2. The van der Waals surface area contributed by atoms with Crippen molar-refractivity contribution in [2.24, 2.45) is 0 Å². The van der Waals surface area contributed by atoms with E-state index in [0.29, 0.717) is 29.3 Å². The van der Waals surface area contributed by atoms with Crippen LogP contribution in [-0.4, -0.2) is 37.8 Å². The molecule has 0 radical (unpaired) electrons. The average molecular weight is 490 g/mol. The third-order valence-electron chi connectivity index (χ3n) is 6.05. The number of alkyl halides is 3. The lowest BCUT2D eigenvalue weighted by molar-refractivity contribution is -0.137. The van der Waals surface area contributed by atoms with Gasteiger partial charge in [-0.25, -0.2) is 13.1 Å². The summed E-state index contributed by atoms with van der Waals surface area (Å²) in [5.41, 5.74) is 1.38. The fourth-order valence-electron chi connectivity index (χ4n) is 4.38. The first-order chi connectivity index (χ1) is 14.6. The molecule has 1 aromatic carbocycles. The summed E-state index contributed by atoms with van der Waals surface area (Å²) in [5, 5.41) is 3.67. The minimum atomic E-state index is -4.37. The van der Waals surface area contributed by atoms with E-state index in [-0.39, 0.29) is 18.4 Å². The summed E-state index contributed by atoms with van der Waals surface area (Å²) in [4.78, 5) is 4.40.